The first-order chi connectivity index (χ1) is 14.8. The molecule has 2 aromatic heterocycles. The van der Waals surface area contributed by atoms with Gasteiger partial charge in [-0.15, -0.1) is 0 Å². The zero-order valence-corrected chi connectivity index (χ0v) is 19.1. The van der Waals surface area contributed by atoms with Crippen LogP contribution in [0, 0.1) is 18.8 Å². The molecule has 0 N–H and O–H groups in total. The summed E-state index contributed by atoms with van der Waals surface area (Å²) in [5.41, 5.74) is 2.79. The number of imidazole rings is 1. The van der Waals surface area contributed by atoms with E-state index in [2.05, 4.69) is 29.0 Å². The van der Waals surface area contributed by atoms with Crippen LogP contribution >= 0.6 is 11.6 Å². The van der Waals surface area contributed by atoms with E-state index >= 15 is 0 Å². The zero-order valence-electron chi connectivity index (χ0n) is 18.3. The van der Waals surface area contributed by atoms with Crippen LogP contribution in [0.15, 0.2) is 36.5 Å². The number of methoxy groups -OCH3 is 1. The number of fused-ring (bicyclic) bond motifs is 1. The molecule has 1 aromatic carbocycles. The molecule has 2 heterocycles. The standard InChI is InChI=1S/C24H28ClN3O3/c1-14(17-5-7-20(30-4)8-6-17)9-19-10-18(11-21(19)29)16(3)31-24-27-22(25)12-23-26-15(2)13-28(23)24/h5-8,12-14,16,18-19H,9-11H2,1-4H3/t14-,16-,18+,19?/m1/s1. The molecule has 1 saturated carbocycles. The molecule has 0 radical (unpaired) electrons. The second kappa shape index (κ2) is 8.87. The van der Waals surface area contributed by atoms with Crippen molar-refractivity contribution in [3.8, 4) is 11.8 Å². The number of nitrogens with zero attached hydrogens (tertiary/aromatic N) is 3. The first kappa shape index (κ1) is 21.6. The minimum atomic E-state index is -0.151. The molecule has 1 aliphatic rings. The van der Waals surface area contributed by atoms with Crippen molar-refractivity contribution in [2.45, 2.75) is 52.1 Å². The summed E-state index contributed by atoms with van der Waals surface area (Å²) in [5, 5.41) is 0.342. The number of halogens is 1. The summed E-state index contributed by atoms with van der Waals surface area (Å²) in [6, 6.07) is 10.2. The van der Waals surface area contributed by atoms with E-state index in [0.29, 0.717) is 34.9 Å². The number of aromatic nitrogens is 3. The topological polar surface area (TPSA) is 65.7 Å². The number of hydrogen-bond acceptors (Lipinski definition) is 5. The number of ether oxygens (including phenoxy) is 2. The van der Waals surface area contributed by atoms with Crippen molar-refractivity contribution in [2.75, 3.05) is 7.11 Å². The molecule has 3 aromatic rings. The molecular formula is C24H28ClN3O3. The lowest BCUT2D eigenvalue weighted by molar-refractivity contribution is -0.121. The molecule has 1 fully saturated rings. The van der Waals surface area contributed by atoms with Gasteiger partial charge in [0.2, 0.25) is 0 Å². The summed E-state index contributed by atoms with van der Waals surface area (Å²) < 4.78 is 13.2. The highest BCUT2D eigenvalue weighted by atomic mass is 35.5. The number of ketones is 1. The highest BCUT2D eigenvalue weighted by Crippen LogP contribution is 2.38. The average Bonchev–Trinajstić information content (AvgIpc) is 3.30. The van der Waals surface area contributed by atoms with Crippen LogP contribution in [0.2, 0.25) is 5.15 Å². The van der Waals surface area contributed by atoms with Crippen LogP contribution in [0.4, 0.5) is 0 Å². The van der Waals surface area contributed by atoms with Gasteiger partial charge in [-0.2, -0.15) is 4.98 Å². The Morgan fingerprint density at radius 3 is 2.68 bits per heavy atom. The van der Waals surface area contributed by atoms with Gasteiger partial charge in [-0.1, -0.05) is 30.7 Å². The van der Waals surface area contributed by atoms with Gasteiger partial charge in [0.15, 0.2) is 0 Å². The van der Waals surface area contributed by atoms with Gasteiger partial charge in [-0.3, -0.25) is 9.20 Å². The van der Waals surface area contributed by atoms with Crippen molar-refractivity contribution in [1.29, 1.82) is 0 Å². The molecule has 31 heavy (non-hydrogen) atoms. The molecule has 164 valence electrons. The van der Waals surface area contributed by atoms with Crippen LogP contribution in [0.25, 0.3) is 5.65 Å². The van der Waals surface area contributed by atoms with E-state index in [1.807, 2.05) is 32.2 Å². The number of aryl methyl sites for hydroxylation is 1. The Bertz CT molecular complexity index is 1080. The fraction of sp³-hybridized carbons (Fsp3) is 0.458. The van der Waals surface area contributed by atoms with Gasteiger partial charge in [-0.05, 0) is 50.3 Å². The summed E-state index contributed by atoms with van der Waals surface area (Å²) in [6.07, 6.45) is 3.93. The molecule has 0 amide bonds. The Morgan fingerprint density at radius 1 is 1.23 bits per heavy atom. The third kappa shape index (κ3) is 4.69. The first-order valence-corrected chi connectivity index (χ1v) is 11.1. The molecular weight excluding hydrogens is 414 g/mol. The number of hydrogen-bond donors (Lipinski definition) is 0. The summed E-state index contributed by atoms with van der Waals surface area (Å²) >= 11 is 6.15. The molecule has 6 nitrogen and oxygen atoms in total. The van der Waals surface area contributed by atoms with Gasteiger partial charge in [0.1, 0.15) is 28.4 Å². The SMILES string of the molecule is COc1ccc([C@H](C)CC2C[C@H]([C@@H](C)Oc3nc(Cl)cc4nc(C)cn34)CC2=O)cc1. The van der Waals surface area contributed by atoms with Crippen LogP contribution in [0.1, 0.15) is 50.3 Å². The van der Waals surface area contributed by atoms with Crippen LogP contribution < -0.4 is 9.47 Å². The number of benzene rings is 1. The summed E-state index contributed by atoms with van der Waals surface area (Å²) in [6.45, 7) is 6.10. The van der Waals surface area contributed by atoms with Crippen LogP contribution in [-0.4, -0.2) is 33.4 Å². The highest BCUT2D eigenvalue weighted by Gasteiger charge is 2.37. The fourth-order valence-electron chi connectivity index (χ4n) is 4.49. The van der Waals surface area contributed by atoms with E-state index in [-0.39, 0.29) is 17.9 Å². The minimum absolute atomic E-state index is 0.0518. The van der Waals surface area contributed by atoms with Gasteiger partial charge in [0, 0.05) is 30.5 Å². The molecule has 1 aliphatic carbocycles. The normalized spacial score (nSPS) is 20.7. The largest absolute Gasteiger partial charge is 0.497 e. The lowest BCUT2D eigenvalue weighted by Crippen LogP contribution is -2.23. The lowest BCUT2D eigenvalue weighted by atomic mass is 9.88. The number of Topliss-reactive ketones (excluding diaryl/α,β-unsaturated/α-hetero) is 1. The monoisotopic (exact) mass is 441 g/mol. The van der Waals surface area contributed by atoms with Crippen molar-refractivity contribution in [2.24, 2.45) is 11.8 Å². The van der Waals surface area contributed by atoms with E-state index in [1.165, 1.54) is 5.56 Å². The molecule has 0 spiro atoms. The van der Waals surface area contributed by atoms with Gasteiger partial charge in [0.05, 0.1) is 12.8 Å². The second-order valence-corrected chi connectivity index (χ2v) is 8.96. The smallest absolute Gasteiger partial charge is 0.303 e. The van der Waals surface area contributed by atoms with Crippen LogP contribution in [0.5, 0.6) is 11.8 Å². The molecule has 1 unspecified atom stereocenters. The van der Waals surface area contributed by atoms with E-state index in [4.69, 9.17) is 21.1 Å². The fourth-order valence-corrected chi connectivity index (χ4v) is 4.66. The summed E-state index contributed by atoms with van der Waals surface area (Å²) in [7, 11) is 1.66. The van der Waals surface area contributed by atoms with Crippen molar-refractivity contribution < 1.29 is 14.3 Å². The van der Waals surface area contributed by atoms with E-state index in [1.54, 1.807) is 17.6 Å². The van der Waals surface area contributed by atoms with Gasteiger partial charge in [0.25, 0.3) is 0 Å². The highest BCUT2D eigenvalue weighted by molar-refractivity contribution is 6.29. The van der Waals surface area contributed by atoms with Crippen molar-refractivity contribution >= 4 is 23.0 Å². The maximum absolute atomic E-state index is 12.8. The molecule has 0 saturated heterocycles. The number of rotatable bonds is 7. The van der Waals surface area contributed by atoms with E-state index in [0.717, 1.165) is 24.3 Å². The predicted molar refractivity (Wildman–Crippen MR) is 120 cm³/mol. The van der Waals surface area contributed by atoms with Gasteiger partial charge < -0.3 is 9.47 Å². The Labute approximate surface area is 187 Å². The second-order valence-electron chi connectivity index (χ2n) is 8.57. The number of carbonyl (C=O) groups is 1. The maximum Gasteiger partial charge on any atom is 0.303 e. The number of carbonyl (C=O) groups excluding carboxylic acids is 1. The molecule has 4 atom stereocenters. The van der Waals surface area contributed by atoms with Crippen molar-refractivity contribution in [3.05, 3.63) is 52.9 Å². The Balaban J connectivity index is 1.41. The lowest BCUT2D eigenvalue weighted by Gasteiger charge is -2.21. The van der Waals surface area contributed by atoms with Gasteiger partial charge in [-0.25, -0.2) is 4.98 Å². The third-order valence-electron chi connectivity index (χ3n) is 6.29. The average molecular weight is 442 g/mol. The van der Waals surface area contributed by atoms with E-state index < -0.39 is 0 Å². The zero-order chi connectivity index (χ0) is 22.1. The molecule has 7 heteroatoms. The Kier molecular flexibility index (Phi) is 6.19. The minimum Gasteiger partial charge on any atom is -0.497 e. The third-order valence-corrected chi connectivity index (χ3v) is 6.49. The summed E-state index contributed by atoms with van der Waals surface area (Å²) in [5.74, 6) is 1.68. The molecule has 0 bridgehead atoms. The van der Waals surface area contributed by atoms with Crippen molar-refractivity contribution in [1.82, 2.24) is 14.4 Å². The maximum atomic E-state index is 12.8. The molecule has 0 aliphatic heterocycles. The first-order valence-electron chi connectivity index (χ1n) is 10.7. The van der Waals surface area contributed by atoms with E-state index in [9.17, 15) is 4.79 Å². The Morgan fingerprint density at radius 2 is 1.97 bits per heavy atom. The molecule has 4 rings (SSSR count). The van der Waals surface area contributed by atoms with Gasteiger partial charge >= 0.3 is 6.01 Å². The quantitative estimate of drug-likeness (QED) is 0.468. The summed E-state index contributed by atoms with van der Waals surface area (Å²) in [4.78, 5) is 21.5. The van der Waals surface area contributed by atoms with Crippen LogP contribution in [-0.2, 0) is 4.79 Å². The Hall–Kier alpha value is -2.60. The van der Waals surface area contributed by atoms with Crippen LogP contribution in [0.3, 0.4) is 0 Å². The van der Waals surface area contributed by atoms with Crippen molar-refractivity contribution in [3.63, 3.8) is 0 Å². The predicted octanol–water partition coefficient (Wildman–Crippen LogP) is 5.26.